The van der Waals surface area contributed by atoms with Crippen LogP contribution < -0.4 is 0 Å². The van der Waals surface area contributed by atoms with Gasteiger partial charge in [0.25, 0.3) is 0 Å². The highest BCUT2D eigenvalue weighted by Crippen LogP contribution is 2.10. The van der Waals surface area contributed by atoms with E-state index >= 15 is 0 Å². The predicted octanol–water partition coefficient (Wildman–Crippen LogP) is 0.739. The average molecular weight is 72.1 g/mol. The van der Waals surface area contributed by atoms with E-state index in [4.69, 9.17) is 1.37 Å². The number of carbonyl (C=O) groups is 1. The molecule has 0 spiro atoms. The molecule has 1 fully saturated rings. The van der Waals surface area contributed by atoms with Crippen molar-refractivity contribution in [3.63, 3.8) is 0 Å². The molecule has 1 aliphatic carbocycles. The van der Waals surface area contributed by atoms with Crippen molar-refractivity contribution in [3.8, 4) is 0 Å². The molecule has 0 aromatic heterocycles. The zero-order valence-corrected chi connectivity index (χ0v) is 2.90. The summed E-state index contributed by atoms with van der Waals surface area (Å²) in [7, 11) is 0. The van der Waals surface area contributed by atoms with E-state index in [1.807, 2.05) is 0 Å². The Hall–Kier alpha value is -0.330. The van der Waals surface area contributed by atoms with Gasteiger partial charge in [-0.25, -0.2) is 0 Å². The Labute approximate surface area is 32.4 Å². The highest BCUT2D eigenvalue weighted by atomic mass is 16.1. The smallest absolute Gasteiger partial charge is 0.132 e. The van der Waals surface area contributed by atoms with Gasteiger partial charge in [0.1, 0.15) is 5.78 Å². The molecule has 0 aromatic rings. The summed E-state index contributed by atoms with van der Waals surface area (Å²) in [4.78, 5) is 9.99. The fraction of sp³-hybridized carbons (Fsp3) is 0.750. The number of Topliss-reactive ketones (excluding diaryl/α,β-unsaturated/α-hetero) is 1. The van der Waals surface area contributed by atoms with Crippen molar-refractivity contribution in [2.24, 2.45) is 0 Å². The van der Waals surface area contributed by atoms with E-state index in [1.165, 1.54) is 0 Å². The second-order valence-corrected chi connectivity index (χ2v) is 1.24. The molecule has 1 heteroatoms. The van der Waals surface area contributed by atoms with E-state index in [2.05, 4.69) is 0 Å². The fourth-order valence-corrected chi connectivity index (χ4v) is 0.262. The Bertz CT molecular complexity index is 71.6. The van der Waals surface area contributed by atoms with Crippen LogP contribution in [0.5, 0.6) is 0 Å². The van der Waals surface area contributed by atoms with E-state index < -0.39 is 0 Å². The maximum absolute atomic E-state index is 9.99. The van der Waals surface area contributed by atoms with Crippen LogP contribution in [-0.2, 0) is 4.79 Å². The summed E-state index contributed by atoms with van der Waals surface area (Å²) in [6.07, 6.45) is 0.942. The second-order valence-electron chi connectivity index (χ2n) is 1.24. The third-order valence-electron chi connectivity index (χ3n) is 0.744. The van der Waals surface area contributed by atoms with Crippen molar-refractivity contribution < 1.29 is 6.17 Å². The summed E-state index contributed by atoms with van der Waals surface area (Å²) in [6.45, 7) is 0. The third-order valence-corrected chi connectivity index (χ3v) is 0.744. The lowest BCUT2D eigenvalue weighted by Gasteiger charge is -2.05. The van der Waals surface area contributed by atoms with Crippen molar-refractivity contribution in [1.29, 1.82) is 0 Å². The van der Waals surface area contributed by atoms with Gasteiger partial charge in [-0.1, -0.05) is 0 Å². The average Bonchev–Trinajstić information content (AvgIpc) is 1.33. The van der Waals surface area contributed by atoms with Crippen LogP contribution in [0.2, 0.25) is 0 Å². The summed E-state index contributed by atoms with van der Waals surface area (Å²) in [5, 5.41) is 0. The van der Waals surface area contributed by atoms with Crippen molar-refractivity contribution in [2.45, 2.75) is 19.2 Å². The van der Waals surface area contributed by atoms with Gasteiger partial charge in [0.2, 0.25) is 0 Å². The van der Waals surface area contributed by atoms with Crippen LogP contribution in [0.15, 0.2) is 0 Å². The Morgan fingerprint density at radius 3 is 2.40 bits per heavy atom. The number of ketones is 1. The van der Waals surface area contributed by atoms with Gasteiger partial charge in [0, 0.05) is 14.2 Å². The quantitative estimate of drug-likeness (QED) is 0.412. The molecule has 1 nitrogen and oxygen atoms in total. The summed E-state index contributed by atoms with van der Waals surface area (Å²) in [5.41, 5.74) is 0. The first-order valence-electron chi connectivity index (χ1n) is 2.31. The van der Waals surface area contributed by atoms with Gasteiger partial charge in [0.15, 0.2) is 0 Å². The van der Waals surface area contributed by atoms with Crippen molar-refractivity contribution >= 4 is 5.78 Å². The molecule has 0 saturated heterocycles. The predicted molar refractivity (Wildman–Crippen MR) is 18.9 cm³/mol. The summed E-state index contributed by atoms with van der Waals surface area (Å²) in [6, 6.07) is 0. The SMILES string of the molecule is [3H]C1CC(=O)C1. The molecule has 0 heterocycles. The van der Waals surface area contributed by atoms with Crippen LogP contribution in [-0.4, -0.2) is 5.78 Å². The minimum atomic E-state index is -0.0579. The summed E-state index contributed by atoms with van der Waals surface area (Å²) >= 11 is 0. The molecule has 0 atom stereocenters. The van der Waals surface area contributed by atoms with Gasteiger partial charge >= 0.3 is 0 Å². The first kappa shape index (κ1) is 1.96. The third kappa shape index (κ3) is 0.318. The van der Waals surface area contributed by atoms with Crippen LogP contribution in [0.25, 0.3) is 0 Å². The number of hydrogen-bond acceptors (Lipinski definition) is 1. The zero-order valence-electron chi connectivity index (χ0n) is 3.90. The maximum Gasteiger partial charge on any atom is 0.132 e. The van der Waals surface area contributed by atoms with Gasteiger partial charge in [-0.2, -0.15) is 0 Å². The Balaban J connectivity index is 2.28. The molecule has 1 aliphatic rings. The molecule has 0 amide bonds. The maximum atomic E-state index is 9.99. The molecule has 1 rings (SSSR count). The minimum Gasteiger partial charge on any atom is -0.300 e. The highest BCUT2D eigenvalue weighted by Gasteiger charge is 2.09. The van der Waals surface area contributed by atoms with Gasteiger partial charge in [-0.15, -0.1) is 0 Å². The van der Waals surface area contributed by atoms with Gasteiger partial charge in [-0.3, -0.25) is 4.79 Å². The Morgan fingerprint density at radius 2 is 2.40 bits per heavy atom. The first-order chi connectivity index (χ1) is 2.79. The molecular formula is C4H6O. The molecular weight excluding hydrogens is 64.0 g/mol. The normalized spacial score (nSPS) is 28.8. The first-order valence-corrected chi connectivity index (χ1v) is 1.73. The lowest BCUT2D eigenvalue weighted by molar-refractivity contribution is -0.123. The molecule has 1 saturated carbocycles. The zero-order chi connectivity index (χ0) is 4.57. The Morgan fingerprint density at radius 1 is 1.80 bits per heavy atom. The van der Waals surface area contributed by atoms with E-state index in [0.717, 1.165) is 0 Å². The van der Waals surface area contributed by atoms with Gasteiger partial charge in [0.05, 0.1) is 0 Å². The molecule has 5 heavy (non-hydrogen) atoms. The molecule has 0 bridgehead atoms. The van der Waals surface area contributed by atoms with Crippen LogP contribution >= 0.6 is 0 Å². The van der Waals surface area contributed by atoms with Crippen molar-refractivity contribution in [1.82, 2.24) is 0 Å². The van der Waals surface area contributed by atoms with Crippen LogP contribution in [0, 0.1) is 0 Å². The number of carbonyl (C=O) groups excluding carboxylic acids is 1. The van der Waals surface area contributed by atoms with Crippen LogP contribution in [0.3, 0.4) is 0 Å². The molecule has 0 aromatic carbocycles. The van der Waals surface area contributed by atoms with Gasteiger partial charge in [-0.05, 0) is 6.40 Å². The topological polar surface area (TPSA) is 17.1 Å². The summed E-state index contributed by atoms with van der Waals surface area (Å²) in [5.74, 6) is 0.245. The van der Waals surface area contributed by atoms with Crippen molar-refractivity contribution in [2.75, 3.05) is 0 Å². The fourth-order valence-electron chi connectivity index (χ4n) is 0.262. The van der Waals surface area contributed by atoms with Gasteiger partial charge < -0.3 is 0 Å². The van der Waals surface area contributed by atoms with Crippen LogP contribution in [0.1, 0.15) is 20.6 Å². The van der Waals surface area contributed by atoms with Crippen molar-refractivity contribution in [3.05, 3.63) is 0 Å². The minimum absolute atomic E-state index is 0.0579. The molecule has 0 unspecified atom stereocenters. The summed E-state index contributed by atoms with van der Waals surface area (Å²) < 4.78 is 6.82. The molecule has 0 N–H and O–H groups in total. The van der Waals surface area contributed by atoms with E-state index in [-0.39, 0.29) is 12.2 Å². The second kappa shape index (κ2) is 0.814. The van der Waals surface area contributed by atoms with E-state index in [1.54, 1.807) is 0 Å². The monoisotopic (exact) mass is 72.1 g/mol. The lowest BCUT2D eigenvalue weighted by Crippen LogP contribution is -2.07. The van der Waals surface area contributed by atoms with E-state index in [0.29, 0.717) is 12.8 Å². The number of rotatable bonds is 0. The lowest BCUT2D eigenvalue weighted by atomic mass is 9.99. The molecule has 0 radical (unpaired) electrons. The number of hydrogen-bond donors (Lipinski definition) is 0. The van der Waals surface area contributed by atoms with E-state index in [9.17, 15) is 4.79 Å². The highest BCUT2D eigenvalue weighted by molar-refractivity contribution is 5.83. The standard InChI is InChI=1S/C4H6O/c5-4-2-1-3-4/h1-3H2/i1T. The largest absolute Gasteiger partial charge is 0.300 e. The Kier molecular flexibility index (Phi) is 0.318. The van der Waals surface area contributed by atoms with Crippen LogP contribution in [0.4, 0.5) is 0 Å². The molecule has 28 valence electrons. The molecule has 0 aliphatic heterocycles.